The molecule has 1 aliphatic heterocycles. The molecule has 2 rings (SSSR count). The van der Waals surface area contributed by atoms with Crippen LogP contribution in [0.15, 0.2) is 24.8 Å². The monoisotopic (exact) mass is 286 g/mol. The number of hydrogen-bond donors (Lipinski definition) is 1. The molecule has 1 aromatic rings. The van der Waals surface area contributed by atoms with Gasteiger partial charge in [-0.05, 0) is 17.7 Å². The number of carbonyl (C=O) groups is 1. The maximum atomic E-state index is 11.6. The van der Waals surface area contributed by atoms with Gasteiger partial charge in [0.1, 0.15) is 6.10 Å². The number of rotatable bonds is 3. The molecular weight excluding hydrogens is 275 g/mol. The molecule has 1 fully saturated rings. The molecule has 18 heavy (non-hydrogen) atoms. The standard InChI is InChI=1S/C12H12Cl2N2O2/c1-2-3-16-6-10(18-12(16)17)7-4-8(13)11(15)9(14)5-7/h2,4-5,10H,1,3,6,15H2. The third-order valence-corrected chi connectivity index (χ3v) is 3.34. The first-order chi connectivity index (χ1) is 8.52. The molecule has 1 unspecified atom stereocenters. The average molecular weight is 287 g/mol. The number of benzene rings is 1. The van der Waals surface area contributed by atoms with Gasteiger partial charge in [-0.3, -0.25) is 0 Å². The SMILES string of the molecule is C=CCN1CC(c2cc(Cl)c(N)c(Cl)c2)OC1=O. The summed E-state index contributed by atoms with van der Waals surface area (Å²) in [5.74, 6) is 0. The highest BCUT2D eigenvalue weighted by Gasteiger charge is 2.32. The van der Waals surface area contributed by atoms with E-state index in [0.717, 1.165) is 5.56 Å². The van der Waals surface area contributed by atoms with Gasteiger partial charge in [0.25, 0.3) is 0 Å². The molecule has 1 aromatic carbocycles. The second kappa shape index (κ2) is 5.08. The fourth-order valence-corrected chi connectivity index (χ4v) is 2.28. The van der Waals surface area contributed by atoms with E-state index < -0.39 is 0 Å². The van der Waals surface area contributed by atoms with E-state index in [0.29, 0.717) is 28.8 Å². The third-order valence-electron chi connectivity index (χ3n) is 2.71. The van der Waals surface area contributed by atoms with Crippen LogP contribution in [0.4, 0.5) is 10.5 Å². The summed E-state index contributed by atoms with van der Waals surface area (Å²) in [5.41, 5.74) is 6.72. The topological polar surface area (TPSA) is 55.6 Å². The summed E-state index contributed by atoms with van der Waals surface area (Å²) >= 11 is 11.9. The number of nitrogens with zero attached hydrogens (tertiary/aromatic N) is 1. The fraction of sp³-hybridized carbons (Fsp3) is 0.250. The van der Waals surface area contributed by atoms with Gasteiger partial charge in [-0.25, -0.2) is 4.79 Å². The Labute approximate surface area is 115 Å². The second-order valence-electron chi connectivity index (χ2n) is 3.96. The highest BCUT2D eigenvalue weighted by Crippen LogP contribution is 2.34. The van der Waals surface area contributed by atoms with Gasteiger partial charge < -0.3 is 15.4 Å². The molecule has 96 valence electrons. The van der Waals surface area contributed by atoms with Crippen molar-refractivity contribution in [2.45, 2.75) is 6.10 Å². The molecule has 6 heteroatoms. The molecule has 1 amide bonds. The lowest BCUT2D eigenvalue weighted by atomic mass is 10.1. The first kappa shape index (κ1) is 13.1. The lowest BCUT2D eigenvalue weighted by Crippen LogP contribution is -2.24. The number of anilines is 1. The van der Waals surface area contributed by atoms with Crippen LogP contribution in [0.2, 0.25) is 10.0 Å². The fourth-order valence-electron chi connectivity index (χ4n) is 1.78. The summed E-state index contributed by atoms with van der Waals surface area (Å²) in [6.45, 7) is 4.48. The first-order valence-electron chi connectivity index (χ1n) is 5.33. The Hall–Kier alpha value is -1.39. The molecule has 1 saturated heterocycles. The quantitative estimate of drug-likeness (QED) is 0.685. The summed E-state index contributed by atoms with van der Waals surface area (Å²) in [4.78, 5) is 13.1. The predicted molar refractivity (Wildman–Crippen MR) is 71.9 cm³/mol. The van der Waals surface area contributed by atoms with Gasteiger partial charge in [0.05, 0.1) is 22.3 Å². The van der Waals surface area contributed by atoms with Crippen LogP contribution in [0.3, 0.4) is 0 Å². The molecular formula is C12H12Cl2N2O2. The molecule has 2 N–H and O–H groups in total. The van der Waals surface area contributed by atoms with Crippen molar-refractivity contribution in [3.05, 3.63) is 40.4 Å². The van der Waals surface area contributed by atoms with Crippen molar-refractivity contribution in [1.29, 1.82) is 0 Å². The zero-order valence-corrected chi connectivity index (χ0v) is 11.0. The molecule has 4 nitrogen and oxygen atoms in total. The lowest BCUT2D eigenvalue weighted by Gasteiger charge is -2.11. The summed E-state index contributed by atoms with van der Waals surface area (Å²) in [7, 11) is 0. The zero-order chi connectivity index (χ0) is 13.3. The molecule has 0 aliphatic carbocycles. The molecule has 0 bridgehead atoms. The molecule has 0 saturated carbocycles. The maximum absolute atomic E-state index is 11.6. The number of nitrogen functional groups attached to an aromatic ring is 1. The minimum atomic E-state index is -0.381. The number of ether oxygens (including phenoxy) is 1. The first-order valence-corrected chi connectivity index (χ1v) is 6.09. The molecule has 1 atom stereocenters. The third kappa shape index (κ3) is 2.40. The number of hydrogen-bond acceptors (Lipinski definition) is 3. The van der Waals surface area contributed by atoms with Gasteiger partial charge >= 0.3 is 6.09 Å². The highest BCUT2D eigenvalue weighted by atomic mass is 35.5. The Balaban J connectivity index is 2.24. The van der Waals surface area contributed by atoms with Crippen molar-refractivity contribution in [3.63, 3.8) is 0 Å². The number of amides is 1. The van der Waals surface area contributed by atoms with Crippen LogP contribution in [0.1, 0.15) is 11.7 Å². The molecule has 0 radical (unpaired) electrons. The van der Waals surface area contributed by atoms with Crippen molar-refractivity contribution >= 4 is 35.0 Å². The van der Waals surface area contributed by atoms with Crippen LogP contribution < -0.4 is 5.73 Å². The van der Waals surface area contributed by atoms with Gasteiger partial charge in [-0.2, -0.15) is 0 Å². The lowest BCUT2D eigenvalue weighted by molar-refractivity contribution is 0.134. The molecule has 1 aliphatic rings. The van der Waals surface area contributed by atoms with E-state index in [9.17, 15) is 4.79 Å². The maximum Gasteiger partial charge on any atom is 0.410 e. The van der Waals surface area contributed by atoms with Gasteiger partial charge in [-0.1, -0.05) is 29.3 Å². The van der Waals surface area contributed by atoms with E-state index in [1.807, 2.05) is 0 Å². The van der Waals surface area contributed by atoms with Crippen molar-refractivity contribution < 1.29 is 9.53 Å². The summed E-state index contributed by atoms with van der Waals surface area (Å²) in [6, 6.07) is 3.33. The Morgan fingerprint density at radius 3 is 2.67 bits per heavy atom. The smallest absolute Gasteiger partial charge is 0.410 e. The Bertz CT molecular complexity index is 482. The highest BCUT2D eigenvalue weighted by molar-refractivity contribution is 6.38. The Morgan fingerprint density at radius 2 is 2.11 bits per heavy atom. The Morgan fingerprint density at radius 1 is 1.50 bits per heavy atom. The number of nitrogens with two attached hydrogens (primary N) is 1. The summed E-state index contributed by atoms with van der Waals surface area (Å²) < 4.78 is 5.24. The number of halogens is 2. The van der Waals surface area contributed by atoms with Crippen LogP contribution in [-0.4, -0.2) is 24.1 Å². The van der Waals surface area contributed by atoms with Crippen molar-refractivity contribution in [2.24, 2.45) is 0 Å². The normalized spacial score (nSPS) is 18.9. The van der Waals surface area contributed by atoms with E-state index in [4.69, 9.17) is 33.7 Å². The van der Waals surface area contributed by atoms with Crippen LogP contribution >= 0.6 is 23.2 Å². The van der Waals surface area contributed by atoms with Crippen LogP contribution in [0.5, 0.6) is 0 Å². The zero-order valence-electron chi connectivity index (χ0n) is 9.53. The van der Waals surface area contributed by atoms with Crippen LogP contribution in [0, 0.1) is 0 Å². The minimum Gasteiger partial charge on any atom is -0.439 e. The number of carbonyl (C=O) groups excluding carboxylic acids is 1. The van der Waals surface area contributed by atoms with Gasteiger partial charge in [0, 0.05) is 6.54 Å². The van der Waals surface area contributed by atoms with Crippen molar-refractivity contribution in [1.82, 2.24) is 4.90 Å². The minimum absolute atomic E-state index is 0.328. The van der Waals surface area contributed by atoms with Gasteiger partial charge in [-0.15, -0.1) is 6.58 Å². The van der Waals surface area contributed by atoms with Crippen molar-refractivity contribution in [2.75, 3.05) is 18.8 Å². The van der Waals surface area contributed by atoms with E-state index >= 15 is 0 Å². The summed E-state index contributed by atoms with van der Waals surface area (Å²) in [5, 5.41) is 0.714. The van der Waals surface area contributed by atoms with Gasteiger partial charge in [0.15, 0.2) is 0 Å². The predicted octanol–water partition coefficient (Wildman–Crippen LogP) is 3.25. The van der Waals surface area contributed by atoms with E-state index in [1.165, 1.54) is 0 Å². The van der Waals surface area contributed by atoms with E-state index in [-0.39, 0.29) is 12.2 Å². The molecule has 1 heterocycles. The van der Waals surface area contributed by atoms with Crippen LogP contribution in [-0.2, 0) is 4.74 Å². The molecule has 0 spiro atoms. The largest absolute Gasteiger partial charge is 0.439 e. The van der Waals surface area contributed by atoms with Crippen molar-refractivity contribution in [3.8, 4) is 0 Å². The van der Waals surface area contributed by atoms with E-state index in [2.05, 4.69) is 6.58 Å². The average Bonchev–Trinajstić information content (AvgIpc) is 2.68. The van der Waals surface area contributed by atoms with Crippen LogP contribution in [0.25, 0.3) is 0 Å². The van der Waals surface area contributed by atoms with E-state index in [1.54, 1.807) is 23.1 Å². The summed E-state index contributed by atoms with van der Waals surface area (Å²) in [6.07, 6.45) is 0.893. The van der Waals surface area contributed by atoms with Gasteiger partial charge in [0.2, 0.25) is 0 Å². The number of cyclic esters (lactones) is 1. The Kier molecular flexibility index (Phi) is 3.68. The second-order valence-corrected chi connectivity index (χ2v) is 4.78. The molecule has 0 aromatic heterocycles.